The summed E-state index contributed by atoms with van der Waals surface area (Å²) < 4.78 is 39.3. The van der Waals surface area contributed by atoms with Gasteiger partial charge in [0.2, 0.25) is 15.9 Å². The molecule has 2 aromatic carbocycles. The maximum Gasteiger partial charge on any atom is 0.255 e. The van der Waals surface area contributed by atoms with Crippen molar-refractivity contribution in [2.45, 2.75) is 32.2 Å². The van der Waals surface area contributed by atoms with E-state index in [2.05, 4.69) is 5.32 Å². The highest BCUT2D eigenvalue weighted by molar-refractivity contribution is 7.92. The number of likely N-dealkylation sites (tertiary alicyclic amines) is 1. The second-order valence-corrected chi connectivity index (χ2v) is 9.35. The Morgan fingerprint density at radius 2 is 1.71 bits per heavy atom. The van der Waals surface area contributed by atoms with Gasteiger partial charge in [-0.25, -0.2) is 12.8 Å². The quantitative estimate of drug-likeness (QED) is 0.706. The summed E-state index contributed by atoms with van der Waals surface area (Å²) in [7, 11) is -3.84. The van der Waals surface area contributed by atoms with Crippen molar-refractivity contribution in [2.75, 3.05) is 29.0 Å². The number of nitrogens with one attached hydrogen (secondary N) is 1. The Bertz CT molecular complexity index is 1050. The van der Waals surface area contributed by atoms with Crippen LogP contribution in [-0.4, -0.2) is 50.5 Å². The lowest BCUT2D eigenvalue weighted by Crippen LogP contribution is -2.47. The summed E-state index contributed by atoms with van der Waals surface area (Å²) in [5, 5.41) is 2.73. The normalized spacial score (nSPS) is 14.9. The van der Waals surface area contributed by atoms with Gasteiger partial charge in [-0.2, -0.15) is 0 Å². The lowest BCUT2D eigenvalue weighted by Gasteiger charge is -2.30. The van der Waals surface area contributed by atoms with E-state index in [0.29, 0.717) is 24.3 Å². The van der Waals surface area contributed by atoms with E-state index in [-0.39, 0.29) is 18.0 Å². The van der Waals surface area contributed by atoms with E-state index in [4.69, 9.17) is 0 Å². The molecule has 1 heterocycles. The molecule has 0 radical (unpaired) electrons. The third-order valence-electron chi connectivity index (χ3n) is 5.22. The Kier molecular flexibility index (Phi) is 6.94. The molecule has 0 unspecified atom stereocenters. The number of nitrogens with zero attached hydrogens (tertiary/aromatic N) is 2. The van der Waals surface area contributed by atoms with Crippen LogP contribution >= 0.6 is 0 Å². The number of hydrogen-bond acceptors (Lipinski definition) is 4. The first kappa shape index (κ1) is 22.7. The number of para-hydroxylation sites is 1. The topological polar surface area (TPSA) is 86.8 Å². The first-order valence-electron chi connectivity index (χ1n) is 10.2. The number of halogens is 1. The van der Waals surface area contributed by atoms with Crippen LogP contribution in [0.4, 0.5) is 15.8 Å². The van der Waals surface area contributed by atoms with Crippen molar-refractivity contribution in [3.63, 3.8) is 0 Å². The monoisotopic (exact) mass is 447 g/mol. The molecule has 1 N–H and O–H groups in total. The molecule has 0 spiro atoms. The maximum atomic E-state index is 13.3. The van der Waals surface area contributed by atoms with Gasteiger partial charge in [-0.05, 0) is 55.7 Å². The van der Waals surface area contributed by atoms with E-state index < -0.39 is 27.8 Å². The van der Waals surface area contributed by atoms with Crippen molar-refractivity contribution in [1.82, 2.24) is 4.90 Å². The Hall–Kier alpha value is -2.94. The van der Waals surface area contributed by atoms with Gasteiger partial charge in [-0.1, -0.05) is 19.1 Å². The molecule has 2 aromatic rings. The van der Waals surface area contributed by atoms with Crippen molar-refractivity contribution in [3.8, 4) is 0 Å². The lowest BCUT2D eigenvalue weighted by molar-refractivity contribution is -0.117. The summed E-state index contributed by atoms with van der Waals surface area (Å²) in [5.74, 6) is -1.25. The van der Waals surface area contributed by atoms with Crippen LogP contribution in [0.3, 0.4) is 0 Å². The van der Waals surface area contributed by atoms with Gasteiger partial charge >= 0.3 is 0 Å². The molecule has 0 bridgehead atoms. The number of hydrogen-bond donors (Lipinski definition) is 1. The summed E-state index contributed by atoms with van der Waals surface area (Å²) in [6.45, 7) is 3.03. The Balaban J connectivity index is 1.90. The standard InChI is InChI=1S/C22H26FN3O4S/c1-3-20(26(31(2,29)30)17-12-10-16(23)11-13-17)21(27)24-19-9-5-4-8-18(19)22(28)25-14-6-7-15-25/h4-5,8-13,20H,3,6-7,14-15H2,1-2H3,(H,24,27)/t20-/m0/s1. The predicted molar refractivity (Wildman–Crippen MR) is 118 cm³/mol. The fourth-order valence-electron chi connectivity index (χ4n) is 3.73. The second kappa shape index (κ2) is 9.47. The maximum absolute atomic E-state index is 13.3. The minimum absolute atomic E-state index is 0.167. The molecule has 31 heavy (non-hydrogen) atoms. The summed E-state index contributed by atoms with van der Waals surface area (Å²) in [5.41, 5.74) is 0.878. The number of carbonyl (C=O) groups is 2. The highest BCUT2D eigenvalue weighted by Crippen LogP contribution is 2.25. The van der Waals surface area contributed by atoms with E-state index in [9.17, 15) is 22.4 Å². The zero-order chi connectivity index (χ0) is 22.6. The summed E-state index contributed by atoms with van der Waals surface area (Å²) >= 11 is 0. The molecule has 0 saturated carbocycles. The lowest BCUT2D eigenvalue weighted by atomic mass is 10.1. The van der Waals surface area contributed by atoms with Gasteiger partial charge < -0.3 is 10.2 Å². The van der Waals surface area contributed by atoms with Crippen molar-refractivity contribution in [3.05, 3.63) is 59.9 Å². The number of anilines is 2. The van der Waals surface area contributed by atoms with Crippen LogP contribution in [0.2, 0.25) is 0 Å². The molecular weight excluding hydrogens is 421 g/mol. The molecule has 1 aliphatic heterocycles. The number of carbonyl (C=O) groups excluding carboxylic acids is 2. The van der Waals surface area contributed by atoms with Gasteiger partial charge in [0.25, 0.3) is 5.91 Å². The zero-order valence-electron chi connectivity index (χ0n) is 17.5. The molecular formula is C22H26FN3O4S. The number of amides is 2. The highest BCUT2D eigenvalue weighted by Gasteiger charge is 2.32. The van der Waals surface area contributed by atoms with Gasteiger partial charge in [-0.15, -0.1) is 0 Å². The zero-order valence-corrected chi connectivity index (χ0v) is 18.4. The van der Waals surface area contributed by atoms with Crippen molar-refractivity contribution < 1.29 is 22.4 Å². The number of sulfonamides is 1. The average molecular weight is 448 g/mol. The largest absolute Gasteiger partial charge is 0.339 e. The first-order valence-corrected chi connectivity index (χ1v) is 12.0. The first-order chi connectivity index (χ1) is 14.7. The van der Waals surface area contributed by atoms with Crippen LogP contribution in [0, 0.1) is 5.82 Å². The van der Waals surface area contributed by atoms with Gasteiger partial charge in [0.05, 0.1) is 23.2 Å². The Labute approximate surface area is 181 Å². The van der Waals surface area contributed by atoms with Gasteiger partial charge in [0.1, 0.15) is 11.9 Å². The SMILES string of the molecule is CC[C@@H](C(=O)Nc1ccccc1C(=O)N1CCCC1)N(c1ccc(F)cc1)S(C)(=O)=O. The molecule has 7 nitrogen and oxygen atoms in total. The Morgan fingerprint density at radius 3 is 2.29 bits per heavy atom. The molecule has 1 fully saturated rings. The van der Waals surface area contributed by atoms with E-state index in [1.807, 2.05) is 0 Å². The van der Waals surface area contributed by atoms with E-state index in [1.54, 1.807) is 36.1 Å². The average Bonchev–Trinajstić information content (AvgIpc) is 3.26. The molecule has 9 heteroatoms. The molecule has 2 amide bonds. The van der Waals surface area contributed by atoms with Gasteiger partial charge in [0.15, 0.2) is 0 Å². The third-order valence-corrected chi connectivity index (χ3v) is 6.40. The minimum Gasteiger partial charge on any atom is -0.339 e. The van der Waals surface area contributed by atoms with Crippen LogP contribution < -0.4 is 9.62 Å². The fraction of sp³-hybridized carbons (Fsp3) is 0.364. The Morgan fingerprint density at radius 1 is 1.10 bits per heavy atom. The third kappa shape index (κ3) is 5.22. The van der Waals surface area contributed by atoms with Crippen LogP contribution in [0.25, 0.3) is 0 Å². The molecule has 0 aliphatic carbocycles. The second-order valence-electron chi connectivity index (χ2n) is 7.49. The van der Waals surface area contributed by atoms with Crippen molar-refractivity contribution in [1.29, 1.82) is 0 Å². The molecule has 1 aliphatic rings. The number of rotatable bonds is 7. The predicted octanol–water partition coefficient (Wildman–Crippen LogP) is 3.25. The summed E-state index contributed by atoms with van der Waals surface area (Å²) in [4.78, 5) is 27.8. The summed E-state index contributed by atoms with van der Waals surface area (Å²) in [6, 6.07) is 10.5. The van der Waals surface area contributed by atoms with Gasteiger partial charge in [0, 0.05) is 13.1 Å². The van der Waals surface area contributed by atoms with E-state index in [0.717, 1.165) is 35.5 Å². The molecule has 1 atom stereocenters. The summed E-state index contributed by atoms with van der Waals surface area (Å²) in [6.07, 6.45) is 3.06. The van der Waals surface area contributed by atoms with Gasteiger partial charge in [-0.3, -0.25) is 13.9 Å². The van der Waals surface area contributed by atoms with Crippen LogP contribution in [0.15, 0.2) is 48.5 Å². The van der Waals surface area contributed by atoms with E-state index in [1.165, 1.54) is 12.1 Å². The van der Waals surface area contributed by atoms with Crippen LogP contribution in [-0.2, 0) is 14.8 Å². The molecule has 166 valence electrons. The molecule has 0 aromatic heterocycles. The van der Waals surface area contributed by atoms with Crippen LogP contribution in [0.5, 0.6) is 0 Å². The fourth-order valence-corrected chi connectivity index (χ4v) is 4.95. The van der Waals surface area contributed by atoms with Crippen LogP contribution in [0.1, 0.15) is 36.5 Å². The highest BCUT2D eigenvalue weighted by atomic mass is 32.2. The smallest absolute Gasteiger partial charge is 0.255 e. The minimum atomic E-state index is -3.84. The van der Waals surface area contributed by atoms with E-state index >= 15 is 0 Å². The van der Waals surface area contributed by atoms with Crippen molar-refractivity contribution in [2.24, 2.45) is 0 Å². The van der Waals surface area contributed by atoms with Crippen molar-refractivity contribution >= 4 is 33.2 Å². The number of benzene rings is 2. The molecule has 3 rings (SSSR count). The molecule has 1 saturated heterocycles.